The van der Waals surface area contributed by atoms with Gasteiger partial charge in [-0.2, -0.15) is 5.26 Å². The Labute approximate surface area is 203 Å². The van der Waals surface area contributed by atoms with Crippen LogP contribution in [0.3, 0.4) is 0 Å². The summed E-state index contributed by atoms with van der Waals surface area (Å²) in [7, 11) is 0. The Balaban J connectivity index is 1.66. The minimum atomic E-state index is -0.686. The molecule has 3 aromatic carbocycles. The maximum atomic E-state index is 12.8. The molecule has 0 aliphatic carbocycles. The highest BCUT2D eigenvalue weighted by Crippen LogP contribution is 2.15. The van der Waals surface area contributed by atoms with Crippen LogP contribution in [0.4, 0.5) is 5.69 Å². The maximum absolute atomic E-state index is 12.8. The standard InChI is InChI=1S/C26H25N5O4/c27-15-19-7-4-8-23(13-19)34-17-22(14-24(32)35-16-18-5-2-1-3-6-18)30-25(33)20-9-11-21(12-10-20)31-26(28)29/h1-13,22H,14,16-17H2,(H,30,33)(H4,28,29,31)/t22-/m1/s1. The molecule has 1 atom stereocenters. The highest BCUT2D eigenvalue weighted by Gasteiger charge is 2.20. The van der Waals surface area contributed by atoms with Crippen LogP contribution in [0.2, 0.25) is 0 Å². The number of ether oxygens (including phenoxy) is 2. The number of aliphatic imine (C=N–C) groups is 1. The lowest BCUT2D eigenvalue weighted by atomic mass is 10.1. The minimum Gasteiger partial charge on any atom is -0.491 e. The van der Waals surface area contributed by atoms with Crippen molar-refractivity contribution in [3.05, 3.63) is 95.6 Å². The van der Waals surface area contributed by atoms with E-state index in [9.17, 15) is 9.59 Å². The summed E-state index contributed by atoms with van der Waals surface area (Å²) in [6.07, 6.45) is -0.109. The number of rotatable bonds is 10. The van der Waals surface area contributed by atoms with Crippen LogP contribution in [-0.4, -0.2) is 30.5 Å². The number of amides is 1. The first kappa shape index (κ1) is 24.8. The molecule has 178 valence electrons. The monoisotopic (exact) mass is 471 g/mol. The van der Waals surface area contributed by atoms with Crippen molar-refractivity contribution in [3.63, 3.8) is 0 Å². The van der Waals surface area contributed by atoms with Gasteiger partial charge in [0.2, 0.25) is 0 Å². The summed E-state index contributed by atoms with van der Waals surface area (Å²) >= 11 is 0. The molecule has 0 unspecified atom stereocenters. The van der Waals surface area contributed by atoms with Gasteiger partial charge in [-0.1, -0.05) is 36.4 Å². The number of guanidine groups is 1. The van der Waals surface area contributed by atoms with Crippen molar-refractivity contribution in [2.75, 3.05) is 6.61 Å². The van der Waals surface area contributed by atoms with Crippen molar-refractivity contribution >= 4 is 23.5 Å². The van der Waals surface area contributed by atoms with Crippen LogP contribution < -0.4 is 21.5 Å². The van der Waals surface area contributed by atoms with E-state index >= 15 is 0 Å². The lowest BCUT2D eigenvalue weighted by Gasteiger charge is -2.19. The summed E-state index contributed by atoms with van der Waals surface area (Å²) in [5.74, 6) is -0.537. The SMILES string of the molecule is N#Cc1cccc(OC[C@@H](CC(=O)OCc2ccccc2)NC(=O)c2ccc(N=C(N)N)cc2)c1. The fourth-order valence-corrected chi connectivity index (χ4v) is 3.11. The zero-order valence-electron chi connectivity index (χ0n) is 18.9. The molecule has 3 aromatic rings. The predicted octanol–water partition coefficient (Wildman–Crippen LogP) is 2.77. The zero-order valence-corrected chi connectivity index (χ0v) is 18.9. The molecule has 9 heteroatoms. The second kappa shape index (κ2) is 12.4. The average molecular weight is 472 g/mol. The Hall–Kier alpha value is -4.84. The molecule has 5 N–H and O–H groups in total. The normalized spacial score (nSPS) is 10.9. The fourth-order valence-electron chi connectivity index (χ4n) is 3.11. The van der Waals surface area contributed by atoms with E-state index in [2.05, 4.69) is 10.3 Å². The molecule has 0 bridgehead atoms. The third kappa shape index (κ3) is 8.22. The summed E-state index contributed by atoms with van der Waals surface area (Å²) in [4.78, 5) is 29.2. The van der Waals surface area contributed by atoms with Crippen LogP contribution in [0, 0.1) is 11.3 Å². The van der Waals surface area contributed by atoms with E-state index < -0.39 is 17.9 Å². The number of carbonyl (C=O) groups is 2. The number of benzene rings is 3. The molecule has 0 spiro atoms. The summed E-state index contributed by atoms with van der Waals surface area (Å²) in [5, 5.41) is 11.9. The minimum absolute atomic E-state index is 0.00680. The van der Waals surface area contributed by atoms with Gasteiger partial charge >= 0.3 is 5.97 Å². The van der Waals surface area contributed by atoms with Gasteiger partial charge in [0.25, 0.3) is 5.91 Å². The summed E-state index contributed by atoms with van der Waals surface area (Å²) < 4.78 is 11.1. The van der Waals surface area contributed by atoms with E-state index in [1.54, 1.807) is 48.5 Å². The number of nitrogens with one attached hydrogen (secondary N) is 1. The zero-order chi connectivity index (χ0) is 25.0. The van der Waals surface area contributed by atoms with Crippen LogP contribution in [0.15, 0.2) is 83.9 Å². The highest BCUT2D eigenvalue weighted by molar-refractivity contribution is 5.95. The molecular formula is C26H25N5O4. The summed E-state index contributed by atoms with van der Waals surface area (Å²) in [5.41, 5.74) is 12.9. The van der Waals surface area contributed by atoms with Crippen molar-refractivity contribution in [1.29, 1.82) is 5.26 Å². The van der Waals surface area contributed by atoms with Crippen molar-refractivity contribution in [3.8, 4) is 11.8 Å². The van der Waals surface area contributed by atoms with Crippen LogP contribution in [0.5, 0.6) is 5.75 Å². The number of esters is 1. The van der Waals surface area contributed by atoms with Gasteiger partial charge in [-0.15, -0.1) is 0 Å². The van der Waals surface area contributed by atoms with E-state index in [-0.39, 0.29) is 25.6 Å². The van der Waals surface area contributed by atoms with Gasteiger partial charge in [-0.05, 0) is 48.0 Å². The Morgan fingerprint density at radius 3 is 2.43 bits per heavy atom. The Kier molecular flexibility index (Phi) is 8.79. The molecule has 0 saturated carbocycles. The van der Waals surface area contributed by atoms with E-state index in [0.717, 1.165) is 5.56 Å². The number of nitrogens with zero attached hydrogens (tertiary/aromatic N) is 2. The summed E-state index contributed by atoms with van der Waals surface area (Å²) in [6.45, 7) is 0.116. The van der Waals surface area contributed by atoms with Crippen molar-refractivity contribution in [2.45, 2.75) is 19.1 Å². The molecule has 0 radical (unpaired) electrons. The number of carbonyl (C=O) groups excluding carboxylic acids is 2. The molecule has 0 aromatic heterocycles. The van der Waals surface area contributed by atoms with Crippen LogP contribution in [0.25, 0.3) is 0 Å². The predicted molar refractivity (Wildman–Crippen MR) is 131 cm³/mol. The molecular weight excluding hydrogens is 446 g/mol. The number of nitriles is 1. The van der Waals surface area contributed by atoms with Gasteiger partial charge in [0.05, 0.1) is 29.8 Å². The third-order valence-corrected chi connectivity index (χ3v) is 4.79. The molecule has 1 amide bonds. The third-order valence-electron chi connectivity index (χ3n) is 4.79. The Bertz CT molecular complexity index is 1220. The molecule has 35 heavy (non-hydrogen) atoms. The van der Waals surface area contributed by atoms with Crippen LogP contribution >= 0.6 is 0 Å². The van der Waals surface area contributed by atoms with E-state index in [0.29, 0.717) is 22.6 Å². The first-order chi connectivity index (χ1) is 16.9. The lowest BCUT2D eigenvalue weighted by molar-refractivity contribution is -0.145. The Morgan fingerprint density at radius 1 is 1.00 bits per heavy atom. The topological polar surface area (TPSA) is 153 Å². The first-order valence-corrected chi connectivity index (χ1v) is 10.8. The van der Waals surface area contributed by atoms with Gasteiger partial charge in [-0.3, -0.25) is 9.59 Å². The van der Waals surface area contributed by atoms with E-state index in [1.807, 2.05) is 36.4 Å². The number of nitrogens with two attached hydrogens (primary N) is 2. The highest BCUT2D eigenvalue weighted by atomic mass is 16.5. The average Bonchev–Trinajstić information content (AvgIpc) is 2.87. The quantitative estimate of drug-likeness (QED) is 0.233. The lowest BCUT2D eigenvalue weighted by Crippen LogP contribution is -2.41. The molecule has 0 heterocycles. The van der Waals surface area contributed by atoms with E-state index in [4.69, 9.17) is 26.2 Å². The molecule has 0 fully saturated rings. The molecule has 0 saturated heterocycles. The van der Waals surface area contributed by atoms with Gasteiger partial charge in [0.15, 0.2) is 5.96 Å². The fraction of sp³-hybridized carbons (Fsp3) is 0.154. The van der Waals surface area contributed by atoms with Gasteiger partial charge in [-0.25, -0.2) is 4.99 Å². The van der Waals surface area contributed by atoms with Crippen molar-refractivity contribution in [1.82, 2.24) is 5.32 Å². The smallest absolute Gasteiger partial charge is 0.308 e. The largest absolute Gasteiger partial charge is 0.491 e. The second-order valence-corrected chi connectivity index (χ2v) is 7.55. The first-order valence-electron chi connectivity index (χ1n) is 10.8. The van der Waals surface area contributed by atoms with Crippen LogP contribution in [0.1, 0.15) is 27.9 Å². The van der Waals surface area contributed by atoms with Crippen molar-refractivity contribution < 1.29 is 19.1 Å². The van der Waals surface area contributed by atoms with Gasteiger partial charge < -0.3 is 26.3 Å². The number of hydrogen-bond donors (Lipinski definition) is 3. The Morgan fingerprint density at radius 2 is 1.74 bits per heavy atom. The second-order valence-electron chi connectivity index (χ2n) is 7.55. The molecule has 9 nitrogen and oxygen atoms in total. The van der Waals surface area contributed by atoms with Crippen molar-refractivity contribution in [2.24, 2.45) is 16.5 Å². The van der Waals surface area contributed by atoms with Crippen LogP contribution in [-0.2, 0) is 16.1 Å². The molecule has 0 aliphatic rings. The molecule has 3 rings (SSSR count). The van der Waals surface area contributed by atoms with E-state index in [1.165, 1.54) is 0 Å². The summed E-state index contributed by atoms with van der Waals surface area (Å²) in [6, 6.07) is 23.6. The maximum Gasteiger partial charge on any atom is 0.308 e. The molecule has 0 aliphatic heterocycles. The van der Waals surface area contributed by atoms with Gasteiger partial charge in [0.1, 0.15) is 19.0 Å². The van der Waals surface area contributed by atoms with Gasteiger partial charge in [0, 0.05) is 5.56 Å². The number of hydrogen-bond acceptors (Lipinski definition) is 6.